The van der Waals surface area contributed by atoms with Gasteiger partial charge in [0.15, 0.2) is 5.75 Å². The van der Waals surface area contributed by atoms with Gasteiger partial charge in [0.05, 0.1) is 16.1 Å². The summed E-state index contributed by atoms with van der Waals surface area (Å²) in [4.78, 5) is 30.5. The van der Waals surface area contributed by atoms with Crippen LogP contribution in [0, 0.1) is 0 Å². The van der Waals surface area contributed by atoms with E-state index in [1.165, 1.54) is 17.3 Å². The molecule has 1 fully saturated rings. The molecule has 2 amide bonds. The molecular weight excluding hydrogens is 563 g/mol. The van der Waals surface area contributed by atoms with Crippen molar-refractivity contribution in [3.05, 3.63) is 123 Å². The molecule has 10 heteroatoms. The second-order valence-corrected chi connectivity index (χ2v) is 10.7. The summed E-state index contributed by atoms with van der Waals surface area (Å²) in [7, 11) is 1.67. The largest absolute Gasteiger partial charge is 0.486 e. The van der Waals surface area contributed by atoms with Gasteiger partial charge < -0.3 is 14.2 Å². The first-order valence-corrected chi connectivity index (χ1v) is 14.0. The van der Waals surface area contributed by atoms with Crippen molar-refractivity contribution >= 4 is 35.0 Å². The Bertz CT molecular complexity index is 1480. The van der Waals surface area contributed by atoms with E-state index in [1.54, 1.807) is 40.2 Å². The zero-order valence-corrected chi connectivity index (χ0v) is 24.0. The van der Waals surface area contributed by atoms with Crippen LogP contribution < -0.4 is 10.2 Å². The van der Waals surface area contributed by atoms with Crippen LogP contribution in [0.5, 0.6) is 5.75 Å². The van der Waals surface area contributed by atoms with E-state index in [1.807, 2.05) is 36.4 Å². The molecule has 1 aliphatic rings. The van der Waals surface area contributed by atoms with Crippen molar-refractivity contribution in [3.63, 3.8) is 0 Å². The van der Waals surface area contributed by atoms with Gasteiger partial charge in [0.1, 0.15) is 17.9 Å². The summed E-state index contributed by atoms with van der Waals surface area (Å²) in [6, 6.07) is 25.8. The maximum absolute atomic E-state index is 13.9. The number of hydroxylamine groups is 1. The number of hydrogen-bond acceptors (Lipinski definition) is 5. The number of benzene rings is 3. The van der Waals surface area contributed by atoms with Gasteiger partial charge in [-0.3, -0.25) is 19.7 Å². The maximum Gasteiger partial charge on any atom is 0.279 e. The van der Waals surface area contributed by atoms with Crippen LogP contribution >= 0.6 is 23.2 Å². The molecule has 0 bridgehead atoms. The summed E-state index contributed by atoms with van der Waals surface area (Å²) < 4.78 is 7.58. The number of amides is 2. The van der Waals surface area contributed by atoms with Crippen molar-refractivity contribution in [3.8, 4) is 5.75 Å². The van der Waals surface area contributed by atoms with Gasteiger partial charge in [0.2, 0.25) is 0 Å². The van der Waals surface area contributed by atoms with Gasteiger partial charge in [-0.05, 0) is 28.8 Å². The predicted octanol–water partition coefficient (Wildman–Crippen LogP) is 5.58. The Labute approximate surface area is 248 Å². The van der Waals surface area contributed by atoms with Gasteiger partial charge in [-0.15, -0.1) is 0 Å². The first-order chi connectivity index (χ1) is 19.9. The summed E-state index contributed by atoms with van der Waals surface area (Å²) in [6.45, 7) is 2.35. The molecule has 2 N–H and O–H groups in total. The number of piperazine rings is 1. The van der Waals surface area contributed by atoms with E-state index in [0.29, 0.717) is 41.8 Å². The molecule has 1 saturated heterocycles. The third-order valence-corrected chi connectivity index (χ3v) is 7.99. The van der Waals surface area contributed by atoms with Gasteiger partial charge in [-0.2, -0.15) is 0 Å². The fourth-order valence-electron chi connectivity index (χ4n) is 5.22. The summed E-state index contributed by atoms with van der Waals surface area (Å²) in [6.07, 6.45) is 1.47. The summed E-state index contributed by atoms with van der Waals surface area (Å²) >= 11 is 12.2. The molecule has 4 aromatic rings. The molecule has 0 atom stereocenters. The number of nitrogens with zero attached hydrogens (tertiary/aromatic N) is 3. The average molecular weight is 594 g/mol. The number of aryl methyl sites for hydroxylation is 1. The summed E-state index contributed by atoms with van der Waals surface area (Å²) in [5, 5.41) is 10.1. The van der Waals surface area contributed by atoms with Crippen molar-refractivity contribution in [2.75, 3.05) is 26.2 Å². The van der Waals surface area contributed by atoms with E-state index >= 15 is 0 Å². The molecule has 0 unspecified atom stereocenters. The minimum Gasteiger partial charge on any atom is -0.486 e. The number of aromatic nitrogens is 1. The molecule has 212 valence electrons. The number of halogens is 2. The first kappa shape index (κ1) is 28.7. The van der Waals surface area contributed by atoms with Crippen LogP contribution in [0.4, 0.5) is 0 Å². The number of ether oxygens (including phenoxy) is 1. The fraction of sp³-hybridized carbons (Fsp3) is 0.226. The molecule has 0 saturated carbocycles. The van der Waals surface area contributed by atoms with E-state index in [0.717, 1.165) is 0 Å². The Morgan fingerprint density at radius 3 is 2.07 bits per heavy atom. The third kappa shape index (κ3) is 6.26. The second-order valence-electron chi connectivity index (χ2n) is 9.86. The summed E-state index contributed by atoms with van der Waals surface area (Å²) in [5.41, 5.74) is 5.00. The van der Waals surface area contributed by atoms with Gasteiger partial charge in [-0.1, -0.05) is 89.9 Å². The Kier molecular flexibility index (Phi) is 8.95. The van der Waals surface area contributed by atoms with Crippen molar-refractivity contribution in [1.82, 2.24) is 19.8 Å². The first-order valence-electron chi connectivity index (χ1n) is 13.2. The van der Waals surface area contributed by atoms with Crippen molar-refractivity contribution < 1.29 is 19.5 Å². The van der Waals surface area contributed by atoms with Crippen LogP contribution in [-0.4, -0.2) is 57.6 Å². The minimum absolute atomic E-state index is 0.0382. The number of carbonyl (C=O) groups is 2. The molecule has 5 rings (SSSR count). The topological polar surface area (TPSA) is 87.0 Å². The molecule has 8 nitrogen and oxygen atoms in total. The van der Waals surface area contributed by atoms with Crippen LogP contribution in [0.1, 0.15) is 43.6 Å². The Morgan fingerprint density at radius 2 is 1.51 bits per heavy atom. The molecular formula is C31H30Cl2N4O4. The highest BCUT2D eigenvalue weighted by Gasteiger charge is 2.33. The number of nitrogens with one attached hydrogen (secondary N) is 1. The molecule has 0 spiro atoms. The number of carbonyl (C=O) groups excluding carboxylic acids is 2. The molecule has 1 aliphatic heterocycles. The zero-order chi connectivity index (χ0) is 28.9. The normalized spacial score (nSPS) is 13.8. The van der Waals surface area contributed by atoms with Crippen LogP contribution in [0.2, 0.25) is 10.0 Å². The van der Waals surface area contributed by atoms with Crippen molar-refractivity contribution in [2.45, 2.75) is 12.6 Å². The fourth-order valence-corrected chi connectivity index (χ4v) is 5.54. The SMILES string of the molecule is Cn1cc(C(=O)NO)c(OCc2ccc(Cl)c(Cl)c2)c1C(=O)N1CCN(C(c2ccccc2)c2ccccc2)CC1. The van der Waals surface area contributed by atoms with Gasteiger partial charge >= 0.3 is 0 Å². The standard InChI is InChI=1S/C31H30Cl2N4O4/c1-35-19-24(30(38)34-40)29(41-20-21-12-13-25(32)26(33)18-21)28(35)31(39)37-16-14-36(15-17-37)27(22-8-4-2-5-9-22)23-10-6-3-7-11-23/h2-13,18-19,27,40H,14-17,20H2,1H3,(H,34,38). The lowest BCUT2D eigenvalue weighted by Gasteiger charge is -2.39. The highest BCUT2D eigenvalue weighted by atomic mass is 35.5. The molecule has 0 radical (unpaired) electrons. The maximum atomic E-state index is 13.9. The lowest BCUT2D eigenvalue weighted by Crippen LogP contribution is -2.50. The molecule has 2 heterocycles. The Hall–Kier alpha value is -3.82. The van der Waals surface area contributed by atoms with Crippen molar-refractivity contribution in [1.29, 1.82) is 0 Å². The lowest BCUT2D eigenvalue weighted by atomic mass is 9.96. The van der Waals surface area contributed by atoms with Crippen LogP contribution in [-0.2, 0) is 13.7 Å². The van der Waals surface area contributed by atoms with E-state index in [4.69, 9.17) is 27.9 Å². The minimum atomic E-state index is -0.776. The van der Waals surface area contributed by atoms with E-state index in [2.05, 4.69) is 29.2 Å². The zero-order valence-electron chi connectivity index (χ0n) is 22.5. The van der Waals surface area contributed by atoms with Crippen LogP contribution in [0.3, 0.4) is 0 Å². The smallest absolute Gasteiger partial charge is 0.279 e. The highest BCUT2D eigenvalue weighted by Crippen LogP contribution is 2.32. The quantitative estimate of drug-likeness (QED) is 0.206. The van der Waals surface area contributed by atoms with Gasteiger partial charge in [-0.25, -0.2) is 5.48 Å². The monoisotopic (exact) mass is 592 g/mol. The van der Waals surface area contributed by atoms with E-state index < -0.39 is 5.91 Å². The average Bonchev–Trinajstić information content (AvgIpc) is 3.34. The van der Waals surface area contributed by atoms with E-state index in [9.17, 15) is 14.8 Å². The molecule has 3 aromatic carbocycles. The van der Waals surface area contributed by atoms with E-state index in [-0.39, 0.29) is 35.6 Å². The lowest BCUT2D eigenvalue weighted by molar-refractivity contribution is 0.0583. The number of rotatable bonds is 8. The van der Waals surface area contributed by atoms with Crippen LogP contribution in [0.15, 0.2) is 85.1 Å². The Morgan fingerprint density at radius 1 is 0.902 bits per heavy atom. The molecule has 1 aromatic heterocycles. The van der Waals surface area contributed by atoms with Crippen molar-refractivity contribution in [2.24, 2.45) is 7.05 Å². The van der Waals surface area contributed by atoms with Crippen LogP contribution in [0.25, 0.3) is 0 Å². The molecule has 0 aliphatic carbocycles. The predicted molar refractivity (Wildman–Crippen MR) is 158 cm³/mol. The third-order valence-electron chi connectivity index (χ3n) is 7.25. The number of hydrogen-bond donors (Lipinski definition) is 2. The van der Waals surface area contributed by atoms with Gasteiger partial charge in [0.25, 0.3) is 11.8 Å². The van der Waals surface area contributed by atoms with Gasteiger partial charge in [0, 0.05) is 39.4 Å². The summed E-state index contributed by atoms with van der Waals surface area (Å²) in [5.74, 6) is -0.949. The highest BCUT2D eigenvalue weighted by molar-refractivity contribution is 6.42. The Balaban J connectivity index is 1.37. The molecule has 41 heavy (non-hydrogen) atoms. The second kappa shape index (κ2) is 12.8.